The quantitative estimate of drug-likeness (QED) is 0.377. The predicted octanol–water partition coefficient (Wildman–Crippen LogP) is 1.65. The first-order valence-electron chi connectivity index (χ1n) is 7.41. The van der Waals surface area contributed by atoms with Crippen molar-refractivity contribution in [3.8, 4) is 0 Å². The first kappa shape index (κ1) is 20.8. The number of aliphatic hydroxyl groups is 3. The highest BCUT2D eigenvalue weighted by atomic mass is 79.9. The van der Waals surface area contributed by atoms with Gasteiger partial charge in [0, 0.05) is 0 Å². The number of alkyl halides is 2. The van der Waals surface area contributed by atoms with Crippen LogP contribution in [0.4, 0.5) is 8.78 Å². The van der Waals surface area contributed by atoms with Gasteiger partial charge in [-0.25, -0.2) is 0 Å². The lowest BCUT2D eigenvalue weighted by molar-refractivity contribution is -0.370. The maximum atomic E-state index is 14.3. The van der Waals surface area contributed by atoms with Gasteiger partial charge >= 0.3 is 5.92 Å². The first-order chi connectivity index (χ1) is 11.2. The Morgan fingerprint density at radius 3 is 2.17 bits per heavy atom. The number of halogens is 3. The average Bonchev–Trinajstić information content (AvgIpc) is 3.19. The van der Waals surface area contributed by atoms with Gasteiger partial charge in [0.25, 0.3) is 10.5 Å². The van der Waals surface area contributed by atoms with Crippen LogP contribution in [0.3, 0.4) is 0 Å². The number of hydrogen-bond acceptors (Lipinski definition) is 8. The van der Waals surface area contributed by atoms with Crippen LogP contribution in [-0.2, 0) is 14.3 Å². The molecule has 2 fully saturated rings. The summed E-state index contributed by atoms with van der Waals surface area (Å²) >= 11 is 4.65. The molecule has 3 unspecified atom stereocenters. The molecule has 5 atom stereocenters. The van der Waals surface area contributed by atoms with Crippen LogP contribution in [0.25, 0.3) is 0 Å². The van der Waals surface area contributed by atoms with Crippen LogP contribution in [0.2, 0.25) is 0 Å². The first-order valence-corrected chi connectivity index (χ1v) is 10.3. The SMILES string of the molecule is O=C(Br)C(F)(F)[C@](O)(OC1CCCS1)[C@H](O)C(O)OC1CCCS1. The van der Waals surface area contributed by atoms with Crippen LogP contribution < -0.4 is 0 Å². The molecular weight excluding hydrogens is 434 g/mol. The van der Waals surface area contributed by atoms with Gasteiger partial charge in [-0.3, -0.25) is 4.79 Å². The van der Waals surface area contributed by atoms with Gasteiger partial charge in [-0.1, -0.05) is 0 Å². The van der Waals surface area contributed by atoms with Gasteiger partial charge in [-0.15, -0.1) is 23.5 Å². The highest BCUT2D eigenvalue weighted by molar-refractivity contribution is 9.18. The van der Waals surface area contributed by atoms with Crippen LogP contribution in [0, 0.1) is 0 Å². The molecule has 24 heavy (non-hydrogen) atoms. The van der Waals surface area contributed by atoms with Crippen molar-refractivity contribution in [1.82, 2.24) is 0 Å². The van der Waals surface area contributed by atoms with E-state index in [-0.39, 0.29) is 0 Å². The molecule has 0 aliphatic carbocycles. The lowest BCUT2D eigenvalue weighted by Crippen LogP contribution is -2.65. The molecule has 2 rings (SSSR count). The molecule has 0 aromatic rings. The van der Waals surface area contributed by atoms with E-state index < -0.39 is 39.7 Å². The van der Waals surface area contributed by atoms with Crippen molar-refractivity contribution in [3.05, 3.63) is 0 Å². The van der Waals surface area contributed by atoms with Crippen LogP contribution >= 0.6 is 39.5 Å². The fraction of sp³-hybridized carbons (Fsp3) is 0.923. The maximum absolute atomic E-state index is 14.3. The second kappa shape index (κ2) is 8.47. The van der Waals surface area contributed by atoms with Gasteiger partial charge in [0.15, 0.2) is 12.4 Å². The molecule has 2 aliphatic rings. The minimum absolute atomic E-state index is 0.377. The molecule has 3 N–H and O–H groups in total. The summed E-state index contributed by atoms with van der Waals surface area (Å²) in [6.45, 7) is 0. The third kappa shape index (κ3) is 4.43. The third-order valence-corrected chi connectivity index (χ3v) is 6.71. The molecule has 2 heterocycles. The largest absolute Gasteiger partial charge is 0.382 e. The number of ether oxygens (including phenoxy) is 2. The van der Waals surface area contributed by atoms with Crippen LogP contribution in [0.5, 0.6) is 0 Å². The summed E-state index contributed by atoms with van der Waals surface area (Å²) in [5.41, 5.74) is -1.30. The van der Waals surface area contributed by atoms with E-state index >= 15 is 0 Å². The molecule has 0 bridgehead atoms. The van der Waals surface area contributed by atoms with Gasteiger partial charge in [0.2, 0.25) is 0 Å². The molecular formula is C13H19BrF2O6S2. The average molecular weight is 453 g/mol. The van der Waals surface area contributed by atoms with Crippen molar-refractivity contribution >= 4 is 44.1 Å². The van der Waals surface area contributed by atoms with Crippen molar-refractivity contribution in [3.63, 3.8) is 0 Å². The van der Waals surface area contributed by atoms with E-state index in [1.807, 2.05) is 0 Å². The fourth-order valence-corrected chi connectivity index (χ4v) is 4.94. The highest BCUT2D eigenvalue weighted by Gasteiger charge is 2.66. The summed E-state index contributed by atoms with van der Waals surface area (Å²) < 4.78 is 36.8. The monoisotopic (exact) mass is 452 g/mol. The molecule has 0 saturated carbocycles. The van der Waals surface area contributed by atoms with Crippen molar-refractivity contribution in [2.24, 2.45) is 0 Å². The Balaban J connectivity index is 2.17. The van der Waals surface area contributed by atoms with Crippen LogP contribution in [-0.4, -0.2) is 66.5 Å². The second-order valence-electron chi connectivity index (χ2n) is 5.52. The number of aliphatic hydroxyl groups excluding tert-OH is 2. The zero-order valence-corrected chi connectivity index (χ0v) is 15.8. The third-order valence-electron chi connectivity index (χ3n) is 3.75. The van der Waals surface area contributed by atoms with Crippen molar-refractivity contribution in [2.45, 2.75) is 60.7 Å². The van der Waals surface area contributed by atoms with Crippen LogP contribution in [0.1, 0.15) is 25.7 Å². The van der Waals surface area contributed by atoms with Crippen molar-refractivity contribution < 1.29 is 38.4 Å². The Morgan fingerprint density at radius 1 is 1.17 bits per heavy atom. The lowest BCUT2D eigenvalue weighted by Gasteiger charge is -2.40. The second-order valence-corrected chi connectivity index (χ2v) is 8.77. The fourth-order valence-electron chi connectivity index (χ4n) is 2.39. The van der Waals surface area contributed by atoms with E-state index in [0.29, 0.717) is 25.0 Å². The standard InChI is InChI=1S/C13H19BrF2O6S2/c14-11(19)12(15,16)13(20,22-8-4-2-6-24-8)9(17)10(18)21-7-3-1-5-23-7/h7-10,17-18,20H,1-6H2/t7?,8?,9-,10?,13-/m1/s1. The van der Waals surface area contributed by atoms with E-state index in [1.165, 1.54) is 23.5 Å². The molecule has 0 amide bonds. The molecule has 140 valence electrons. The summed E-state index contributed by atoms with van der Waals surface area (Å²) in [5.74, 6) is -6.67. The van der Waals surface area contributed by atoms with Gasteiger partial charge < -0.3 is 24.8 Å². The van der Waals surface area contributed by atoms with E-state index in [0.717, 1.165) is 12.2 Å². The topological polar surface area (TPSA) is 96.2 Å². The van der Waals surface area contributed by atoms with Crippen LogP contribution in [0.15, 0.2) is 0 Å². The minimum Gasteiger partial charge on any atom is -0.382 e. The van der Waals surface area contributed by atoms with Crippen molar-refractivity contribution in [1.29, 1.82) is 0 Å². The Hall–Kier alpha value is 0.510. The van der Waals surface area contributed by atoms with Gasteiger partial charge in [0.1, 0.15) is 10.9 Å². The molecule has 11 heteroatoms. The molecule has 2 aliphatic heterocycles. The zero-order chi connectivity index (χ0) is 18.0. The number of carbonyl (C=O) groups is 1. The smallest absolute Gasteiger partial charge is 0.370 e. The molecule has 0 aromatic carbocycles. The number of hydrogen-bond donors (Lipinski definition) is 3. The van der Waals surface area contributed by atoms with Crippen molar-refractivity contribution in [2.75, 3.05) is 11.5 Å². The van der Waals surface area contributed by atoms with Gasteiger partial charge in [0.05, 0.1) is 0 Å². The molecule has 2 saturated heterocycles. The Morgan fingerprint density at radius 2 is 1.71 bits per heavy atom. The molecule has 6 nitrogen and oxygen atoms in total. The Labute approximate surface area is 154 Å². The minimum atomic E-state index is -4.48. The summed E-state index contributed by atoms with van der Waals surface area (Å²) in [7, 11) is 0. The normalized spacial score (nSPS) is 30.1. The zero-order valence-electron chi connectivity index (χ0n) is 12.6. The summed E-state index contributed by atoms with van der Waals surface area (Å²) in [6.07, 6.45) is -2.19. The summed E-state index contributed by atoms with van der Waals surface area (Å²) in [5, 5.41) is 30.4. The van der Waals surface area contributed by atoms with Gasteiger partial charge in [-0.2, -0.15) is 8.78 Å². The van der Waals surface area contributed by atoms with E-state index in [4.69, 9.17) is 9.47 Å². The van der Waals surface area contributed by atoms with E-state index in [1.54, 1.807) is 0 Å². The Kier molecular flexibility index (Phi) is 7.34. The number of carbonyl (C=O) groups excluding carboxylic acids is 1. The summed E-state index contributed by atoms with van der Waals surface area (Å²) in [4.78, 5) is 11.2. The van der Waals surface area contributed by atoms with E-state index in [2.05, 4.69) is 15.9 Å². The predicted molar refractivity (Wildman–Crippen MR) is 89.0 cm³/mol. The Bertz CT molecular complexity index is 448. The highest BCUT2D eigenvalue weighted by Crippen LogP contribution is 2.42. The molecule has 0 spiro atoms. The van der Waals surface area contributed by atoms with Gasteiger partial charge in [-0.05, 0) is 53.1 Å². The summed E-state index contributed by atoms with van der Waals surface area (Å²) in [6, 6.07) is 0. The number of thioether (sulfide) groups is 2. The molecule has 0 aromatic heterocycles. The lowest BCUT2D eigenvalue weighted by atomic mass is 10.0. The van der Waals surface area contributed by atoms with E-state index in [9.17, 15) is 28.9 Å². The maximum Gasteiger partial charge on any atom is 0.370 e. The molecule has 0 radical (unpaired) electrons. The number of rotatable bonds is 8.